The fourth-order valence-electron chi connectivity index (χ4n) is 2.21. The second kappa shape index (κ2) is 8.42. The molecule has 2 rings (SSSR count). The number of carbonyl (C=O) groups is 2. The SMILES string of the molecule is CC(C)=CC[C@@H](O)C1=CC(=O)c2c(O)ccc(O)c2C1=O.CCO. The smallest absolute Gasteiger partial charge is 0.196 e. The Bertz CT molecular complexity index is 696. The molecule has 0 spiro atoms. The highest BCUT2D eigenvalue weighted by molar-refractivity contribution is 6.26. The molecule has 1 aromatic carbocycles. The van der Waals surface area contributed by atoms with Gasteiger partial charge in [-0.1, -0.05) is 11.6 Å². The molecule has 4 N–H and O–H groups in total. The number of hydrogen-bond donors (Lipinski definition) is 4. The minimum absolute atomic E-state index is 0.0779. The largest absolute Gasteiger partial charge is 0.507 e. The number of aliphatic hydroxyl groups excluding tert-OH is 2. The Labute approximate surface area is 140 Å². The Morgan fingerprint density at radius 3 is 2.12 bits per heavy atom. The molecule has 0 bridgehead atoms. The summed E-state index contributed by atoms with van der Waals surface area (Å²) >= 11 is 0. The van der Waals surface area contributed by atoms with Crippen molar-refractivity contribution in [1.82, 2.24) is 0 Å². The highest BCUT2D eigenvalue weighted by Gasteiger charge is 2.33. The van der Waals surface area contributed by atoms with Crippen molar-refractivity contribution in [2.24, 2.45) is 0 Å². The lowest BCUT2D eigenvalue weighted by atomic mass is 9.85. The van der Waals surface area contributed by atoms with Gasteiger partial charge < -0.3 is 20.4 Å². The van der Waals surface area contributed by atoms with E-state index in [1.807, 2.05) is 13.8 Å². The maximum atomic E-state index is 12.3. The first-order valence-corrected chi connectivity index (χ1v) is 7.52. The number of fused-ring (bicyclic) bond motifs is 1. The number of hydrogen-bond acceptors (Lipinski definition) is 6. The lowest BCUT2D eigenvalue weighted by Gasteiger charge is -2.20. The third-order valence-corrected chi connectivity index (χ3v) is 3.29. The summed E-state index contributed by atoms with van der Waals surface area (Å²) in [6.07, 6.45) is 1.84. The van der Waals surface area contributed by atoms with Crippen molar-refractivity contribution in [2.45, 2.75) is 33.3 Å². The molecule has 0 unspecified atom stereocenters. The van der Waals surface area contributed by atoms with E-state index < -0.39 is 17.7 Å². The maximum absolute atomic E-state index is 12.3. The van der Waals surface area contributed by atoms with Crippen LogP contribution in [0.15, 0.2) is 35.4 Å². The highest BCUT2D eigenvalue weighted by atomic mass is 16.3. The quantitative estimate of drug-likeness (QED) is 0.497. The molecule has 0 aromatic heterocycles. The van der Waals surface area contributed by atoms with Crippen molar-refractivity contribution in [1.29, 1.82) is 0 Å². The molecule has 0 radical (unpaired) electrons. The fraction of sp³-hybridized carbons (Fsp3) is 0.333. The number of aromatic hydroxyl groups is 2. The van der Waals surface area contributed by atoms with Crippen molar-refractivity contribution in [2.75, 3.05) is 6.61 Å². The van der Waals surface area contributed by atoms with Gasteiger partial charge in [-0.3, -0.25) is 9.59 Å². The number of benzene rings is 1. The fourth-order valence-corrected chi connectivity index (χ4v) is 2.21. The molecule has 6 heteroatoms. The number of Topliss-reactive ketones (excluding diaryl/α,β-unsaturated/α-hetero) is 1. The monoisotopic (exact) mass is 334 g/mol. The first-order valence-electron chi connectivity index (χ1n) is 7.52. The van der Waals surface area contributed by atoms with E-state index in [1.165, 1.54) is 0 Å². The molecule has 0 heterocycles. The molecule has 0 fully saturated rings. The average molecular weight is 334 g/mol. The van der Waals surface area contributed by atoms with Crippen LogP contribution in [-0.4, -0.2) is 44.7 Å². The van der Waals surface area contributed by atoms with E-state index in [0.717, 1.165) is 23.8 Å². The second-order valence-electron chi connectivity index (χ2n) is 5.50. The lowest BCUT2D eigenvalue weighted by molar-refractivity contribution is 0.0943. The summed E-state index contributed by atoms with van der Waals surface area (Å²) in [5, 5.41) is 37.1. The van der Waals surface area contributed by atoms with E-state index in [-0.39, 0.29) is 41.2 Å². The van der Waals surface area contributed by atoms with Crippen LogP contribution < -0.4 is 0 Å². The predicted molar refractivity (Wildman–Crippen MR) is 89.3 cm³/mol. The summed E-state index contributed by atoms with van der Waals surface area (Å²) < 4.78 is 0. The van der Waals surface area contributed by atoms with Crippen LogP contribution in [0.2, 0.25) is 0 Å². The number of phenolic OH excluding ortho intramolecular Hbond substituents is 2. The van der Waals surface area contributed by atoms with Gasteiger partial charge in [0, 0.05) is 12.2 Å². The average Bonchev–Trinajstić information content (AvgIpc) is 2.51. The predicted octanol–water partition coefficient (Wildman–Crippen LogP) is 2.12. The Hall–Kier alpha value is -2.44. The van der Waals surface area contributed by atoms with Gasteiger partial charge in [0.1, 0.15) is 11.5 Å². The number of allylic oxidation sites excluding steroid dienone is 2. The van der Waals surface area contributed by atoms with E-state index in [9.17, 15) is 24.9 Å². The standard InChI is InChI=1S/C16H16O5.C2H6O/c1-8(2)3-4-10(17)9-7-13(20)14-11(18)5-6-12(19)15(14)16(9)21;1-2-3/h3,5-7,10,17-19H,4H2,1-2H3;3H,2H2,1H3/t10-;/m1./s1. The summed E-state index contributed by atoms with van der Waals surface area (Å²) in [6, 6.07) is 2.29. The van der Waals surface area contributed by atoms with Crippen LogP contribution in [0.25, 0.3) is 0 Å². The lowest BCUT2D eigenvalue weighted by Crippen LogP contribution is -2.25. The van der Waals surface area contributed by atoms with Gasteiger partial charge in [-0.05, 0) is 45.4 Å². The molecule has 0 saturated heterocycles. The zero-order chi connectivity index (χ0) is 18.4. The molecule has 0 aliphatic heterocycles. The Kier molecular flexibility index (Phi) is 6.88. The molecular weight excluding hydrogens is 312 g/mol. The Morgan fingerprint density at radius 2 is 1.62 bits per heavy atom. The van der Waals surface area contributed by atoms with Crippen LogP contribution in [-0.2, 0) is 0 Å². The summed E-state index contributed by atoms with van der Waals surface area (Å²) in [7, 11) is 0. The maximum Gasteiger partial charge on any atom is 0.196 e. The van der Waals surface area contributed by atoms with Crippen LogP contribution in [0.3, 0.4) is 0 Å². The van der Waals surface area contributed by atoms with Crippen molar-refractivity contribution in [3.05, 3.63) is 46.6 Å². The van der Waals surface area contributed by atoms with Gasteiger partial charge in [-0.15, -0.1) is 0 Å². The van der Waals surface area contributed by atoms with E-state index in [0.29, 0.717) is 0 Å². The molecule has 0 amide bonds. The first kappa shape index (κ1) is 19.6. The molecule has 1 aliphatic carbocycles. The normalized spacial score (nSPS) is 14.1. The van der Waals surface area contributed by atoms with Crippen molar-refractivity contribution >= 4 is 11.6 Å². The molecule has 1 atom stereocenters. The molecule has 0 saturated carbocycles. The van der Waals surface area contributed by atoms with Crippen LogP contribution in [0.1, 0.15) is 47.9 Å². The van der Waals surface area contributed by atoms with Gasteiger partial charge in [0.2, 0.25) is 0 Å². The molecule has 6 nitrogen and oxygen atoms in total. The summed E-state index contributed by atoms with van der Waals surface area (Å²) in [6.45, 7) is 5.64. The second-order valence-corrected chi connectivity index (χ2v) is 5.50. The topological polar surface area (TPSA) is 115 Å². The van der Waals surface area contributed by atoms with E-state index in [1.54, 1.807) is 13.0 Å². The van der Waals surface area contributed by atoms with Gasteiger partial charge in [0.15, 0.2) is 11.6 Å². The van der Waals surface area contributed by atoms with Crippen LogP contribution in [0.4, 0.5) is 0 Å². The Balaban J connectivity index is 0.000000891. The third-order valence-electron chi connectivity index (χ3n) is 3.29. The number of rotatable bonds is 3. The van der Waals surface area contributed by atoms with Gasteiger partial charge in [-0.25, -0.2) is 0 Å². The van der Waals surface area contributed by atoms with E-state index in [4.69, 9.17) is 5.11 Å². The highest BCUT2D eigenvalue weighted by Crippen LogP contribution is 2.35. The van der Waals surface area contributed by atoms with Gasteiger partial charge in [0.05, 0.1) is 17.2 Å². The van der Waals surface area contributed by atoms with Crippen LogP contribution in [0, 0.1) is 0 Å². The van der Waals surface area contributed by atoms with Gasteiger partial charge in [0.25, 0.3) is 0 Å². The van der Waals surface area contributed by atoms with Crippen LogP contribution in [0.5, 0.6) is 11.5 Å². The zero-order valence-electron chi connectivity index (χ0n) is 13.9. The molecule has 24 heavy (non-hydrogen) atoms. The number of carbonyl (C=O) groups excluding carboxylic acids is 2. The van der Waals surface area contributed by atoms with E-state index >= 15 is 0 Å². The number of aliphatic hydroxyl groups is 2. The van der Waals surface area contributed by atoms with Gasteiger partial charge in [-0.2, -0.15) is 0 Å². The molecular formula is C18H22O6. The molecule has 130 valence electrons. The van der Waals surface area contributed by atoms with Crippen molar-refractivity contribution in [3.63, 3.8) is 0 Å². The van der Waals surface area contributed by atoms with Gasteiger partial charge >= 0.3 is 0 Å². The minimum Gasteiger partial charge on any atom is -0.507 e. The van der Waals surface area contributed by atoms with Crippen LogP contribution >= 0.6 is 0 Å². The summed E-state index contributed by atoms with van der Waals surface area (Å²) in [4.78, 5) is 24.4. The van der Waals surface area contributed by atoms with Crippen molar-refractivity contribution in [3.8, 4) is 11.5 Å². The third kappa shape index (κ3) is 4.31. The summed E-state index contributed by atoms with van der Waals surface area (Å²) in [5.74, 6) is -2.01. The molecule has 1 aliphatic rings. The van der Waals surface area contributed by atoms with E-state index in [2.05, 4.69) is 0 Å². The zero-order valence-corrected chi connectivity index (χ0v) is 13.9. The minimum atomic E-state index is -1.13. The van der Waals surface area contributed by atoms with Crippen molar-refractivity contribution < 1.29 is 30.0 Å². The first-order chi connectivity index (χ1) is 11.2. The number of phenols is 2. The number of ketones is 2. The Morgan fingerprint density at radius 1 is 1.12 bits per heavy atom. The summed E-state index contributed by atoms with van der Waals surface area (Å²) in [5.41, 5.74) is 0.419. The molecule has 1 aromatic rings.